The van der Waals surface area contributed by atoms with Crippen molar-refractivity contribution < 1.29 is 9.21 Å². The van der Waals surface area contributed by atoms with E-state index in [4.69, 9.17) is 4.42 Å². The van der Waals surface area contributed by atoms with E-state index in [1.54, 1.807) is 20.0 Å². The van der Waals surface area contributed by atoms with E-state index >= 15 is 0 Å². The maximum atomic E-state index is 12.6. The van der Waals surface area contributed by atoms with E-state index in [0.29, 0.717) is 22.9 Å². The van der Waals surface area contributed by atoms with Crippen molar-refractivity contribution in [1.82, 2.24) is 25.1 Å². The Labute approximate surface area is 151 Å². The Kier molecular flexibility index (Phi) is 3.92. The topological polar surface area (TPSA) is 106 Å². The number of oxazole rings is 1. The van der Waals surface area contributed by atoms with E-state index in [2.05, 4.69) is 20.4 Å². The first-order chi connectivity index (χ1) is 12.5. The van der Waals surface area contributed by atoms with Gasteiger partial charge in [-0.2, -0.15) is 0 Å². The molecule has 4 heterocycles. The molecular formula is C17H15N5O3S. The highest BCUT2D eigenvalue weighted by atomic mass is 32.1. The molecule has 1 amide bonds. The third-order valence-electron chi connectivity index (χ3n) is 3.90. The first-order valence-corrected chi connectivity index (χ1v) is 8.73. The van der Waals surface area contributed by atoms with Crippen LogP contribution in [0.2, 0.25) is 0 Å². The molecule has 0 spiro atoms. The number of thiophene rings is 1. The second-order valence-electron chi connectivity index (χ2n) is 5.81. The second-order valence-corrected chi connectivity index (χ2v) is 6.76. The van der Waals surface area contributed by atoms with Crippen LogP contribution in [-0.4, -0.2) is 25.7 Å². The van der Waals surface area contributed by atoms with Gasteiger partial charge in [0.2, 0.25) is 5.89 Å². The predicted octanol–water partition coefficient (Wildman–Crippen LogP) is 2.22. The lowest BCUT2D eigenvalue weighted by Crippen LogP contribution is -2.24. The number of nitrogens with one attached hydrogen (secondary N) is 2. The van der Waals surface area contributed by atoms with Crippen molar-refractivity contribution in [1.29, 1.82) is 0 Å². The van der Waals surface area contributed by atoms with Gasteiger partial charge in [-0.05, 0) is 24.4 Å². The van der Waals surface area contributed by atoms with Crippen LogP contribution in [0.25, 0.3) is 21.8 Å². The largest absolute Gasteiger partial charge is 0.443 e. The van der Waals surface area contributed by atoms with E-state index in [0.717, 1.165) is 4.88 Å². The van der Waals surface area contributed by atoms with Crippen LogP contribution in [0, 0.1) is 6.92 Å². The molecule has 0 atom stereocenters. The van der Waals surface area contributed by atoms with Crippen LogP contribution in [0.1, 0.15) is 21.7 Å². The van der Waals surface area contributed by atoms with Gasteiger partial charge in [0.05, 0.1) is 28.1 Å². The van der Waals surface area contributed by atoms with Gasteiger partial charge in [0.1, 0.15) is 6.26 Å². The summed E-state index contributed by atoms with van der Waals surface area (Å²) in [6, 6.07) is 5.43. The van der Waals surface area contributed by atoms with Crippen molar-refractivity contribution in [3.05, 3.63) is 57.1 Å². The number of hydrogen-bond acceptors (Lipinski definition) is 6. The van der Waals surface area contributed by atoms with Crippen LogP contribution in [0.3, 0.4) is 0 Å². The lowest BCUT2D eigenvalue weighted by molar-refractivity contribution is 0.0952. The molecule has 4 aromatic heterocycles. The van der Waals surface area contributed by atoms with Gasteiger partial charge in [0.25, 0.3) is 11.5 Å². The van der Waals surface area contributed by atoms with E-state index in [1.807, 2.05) is 17.5 Å². The van der Waals surface area contributed by atoms with Crippen molar-refractivity contribution in [2.75, 3.05) is 0 Å². The van der Waals surface area contributed by atoms with Gasteiger partial charge in [0.15, 0.2) is 5.65 Å². The monoisotopic (exact) mass is 369 g/mol. The number of carbonyl (C=O) groups excluding carboxylic acids is 1. The third-order valence-corrected chi connectivity index (χ3v) is 4.76. The smallest absolute Gasteiger partial charge is 0.274 e. The number of rotatable bonds is 4. The number of aromatic amines is 1. The summed E-state index contributed by atoms with van der Waals surface area (Å²) >= 11 is 1.53. The molecule has 0 aliphatic rings. The summed E-state index contributed by atoms with van der Waals surface area (Å²) in [5.74, 6) is 0.156. The summed E-state index contributed by atoms with van der Waals surface area (Å²) in [5, 5.41) is 7.62. The Balaban J connectivity index is 1.58. The molecule has 4 aromatic rings. The van der Waals surface area contributed by atoms with Crippen molar-refractivity contribution in [2.24, 2.45) is 7.05 Å². The number of aryl methyl sites for hydroxylation is 2. The zero-order chi connectivity index (χ0) is 18.3. The minimum atomic E-state index is -0.363. The highest BCUT2D eigenvalue weighted by Gasteiger charge is 2.18. The maximum absolute atomic E-state index is 12.6. The number of fused-ring (bicyclic) bond motifs is 1. The number of nitrogens with zero attached hydrogens (tertiary/aromatic N) is 3. The summed E-state index contributed by atoms with van der Waals surface area (Å²) in [6.07, 6.45) is 1.51. The lowest BCUT2D eigenvalue weighted by Gasteiger charge is -2.05. The molecular weight excluding hydrogens is 354 g/mol. The van der Waals surface area contributed by atoms with Crippen LogP contribution in [-0.2, 0) is 13.6 Å². The molecule has 9 heteroatoms. The maximum Gasteiger partial charge on any atom is 0.274 e. The van der Waals surface area contributed by atoms with Gasteiger partial charge >= 0.3 is 0 Å². The zero-order valence-corrected chi connectivity index (χ0v) is 14.9. The van der Waals surface area contributed by atoms with Gasteiger partial charge in [-0.15, -0.1) is 11.3 Å². The van der Waals surface area contributed by atoms with E-state index in [9.17, 15) is 9.59 Å². The SMILES string of the molecule is Cc1cc(C(=O)NCc2coc(-c3cccs3)n2)c2c(=O)[nH]n(C)c2n1. The molecule has 132 valence electrons. The number of amides is 1. The van der Waals surface area contributed by atoms with Crippen LogP contribution in [0.4, 0.5) is 0 Å². The average molecular weight is 369 g/mol. The summed E-state index contributed by atoms with van der Waals surface area (Å²) in [4.78, 5) is 34.3. The van der Waals surface area contributed by atoms with Gasteiger partial charge in [-0.1, -0.05) is 6.07 Å². The molecule has 0 fully saturated rings. The fourth-order valence-electron chi connectivity index (χ4n) is 2.73. The molecule has 8 nitrogen and oxygen atoms in total. The van der Waals surface area contributed by atoms with Crippen LogP contribution in [0.15, 0.2) is 39.1 Å². The lowest BCUT2D eigenvalue weighted by atomic mass is 10.1. The second kappa shape index (κ2) is 6.26. The van der Waals surface area contributed by atoms with E-state index < -0.39 is 0 Å². The fraction of sp³-hybridized carbons (Fsp3) is 0.176. The number of H-pyrrole nitrogens is 1. The first-order valence-electron chi connectivity index (χ1n) is 7.86. The molecule has 0 unspecified atom stereocenters. The van der Waals surface area contributed by atoms with Crippen LogP contribution < -0.4 is 10.9 Å². The van der Waals surface area contributed by atoms with E-state index in [1.165, 1.54) is 22.3 Å². The van der Waals surface area contributed by atoms with Crippen molar-refractivity contribution >= 4 is 28.3 Å². The summed E-state index contributed by atoms with van der Waals surface area (Å²) in [7, 11) is 1.68. The molecule has 2 N–H and O–H groups in total. The number of pyridine rings is 1. The molecule has 0 aromatic carbocycles. The number of hydrogen-bond donors (Lipinski definition) is 2. The first kappa shape index (κ1) is 16.3. The summed E-state index contributed by atoms with van der Waals surface area (Å²) in [5.41, 5.74) is 1.64. The molecule has 0 saturated carbocycles. The number of carbonyl (C=O) groups is 1. The van der Waals surface area contributed by atoms with Gasteiger partial charge in [0, 0.05) is 12.7 Å². The number of aromatic nitrogens is 4. The Bertz CT molecular complexity index is 1150. The Morgan fingerprint density at radius 3 is 3.04 bits per heavy atom. The standard InChI is InChI=1S/C17H15N5O3S/c1-9-6-11(13-14(19-9)22(2)21-16(13)24)15(23)18-7-10-8-25-17(20-10)12-4-3-5-26-12/h3-6,8H,7H2,1-2H3,(H,18,23)(H,21,24). The van der Waals surface area contributed by atoms with Crippen LogP contribution in [0.5, 0.6) is 0 Å². The van der Waals surface area contributed by atoms with Gasteiger partial charge in [-0.3, -0.25) is 19.4 Å². The Hall–Kier alpha value is -3.20. The van der Waals surface area contributed by atoms with Crippen molar-refractivity contribution in [3.63, 3.8) is 0 Å². The summed E-state index contributed by atoms with van der Waals surface area (Å²) in [6.45, 7) is 1.97. The average Bonchev–Trinajstić information content (AvgIpc) is 3.33. The highest BCUT2D eigenvalue weighted by Crippen LogP contribution is 2.23. The quantitative estimate of drug-likeness (QED) is 0.574. The molecule has 4 rings (SSSR count). The predicted molar refractivity (Wildman–Crippen MR) is 97.1 cm³/mol. The molecule has 0 aliphatic carbocycles. The fourth-order valence-corrected chi connectivity index (χ4v) is 3.39. The Morgan fingerprint density at radius 1 is 1.42 bits per heavy atom. The molecule has 26 heavy (non-hydrogen) atoms. The third kappa shape index (κ3) is 2.82. The van der Waals surface area contributed by atoms with E-state index in [-0.39, 0.29) is 29.0 Å². The molecule has 0 radical (unpaired) electrons. The molecule has 0 saturated heterocycles. The molecule has 0 bridgehead atoms. The molecule has 0 aliphatic heterocycles. The normalized spacial score (nSPS) is 11.2. The minimum Gasteiger partial charge on any atom is -0.443 e. The Morgan fingerprint density at radius 2 is 2.27 bits per heavy atom. The zero-order valence-electron chi connectivity index (χ0n) is 14.1. The highest BCUT2D eigenvalue weighted by molar-refractivity contribution is 7.13. The van der Waals surface area contributed by atoms with Gasteiger partial charge in [-0.25, -0.2) is 9.97 Å². The van der Waals surface area contributed by atoms with Crippen molar-refractivity contribution in [2.45, 2.75) is 13.5 Å². The van der Waals surface area contributed by atoms with Crippen molar-refractivity contribution in [3.8, 4) is 10.8 Å². The summed E-state index contributed by atoms with van der Waals surface area (Å²) < 4.78 is 6.94. The van der Waals surface area contributed by atoms with Crippen LogP contribution >= 0.6 is 11.3 Å². The minimum absolute atomic E-state index is 0.196. The van der Waals surface area contributed by atoms with Gasteiger partial charge < -0.3 is 9.73 Å².